The summed E-state index contributed by atoms with van der Waals surface area (Å²) in [4.78, 5) is 24.3. The van der Waals surface area contributed by atoms with Crippen molar-refractivity contribution in [3.63, 3.8) is 0 Å². The van der Waals surface area contributed by atoms with E-state index in [9.17, 15) is 22.4 Å². The summed E-state index contributed by atoms with van der Waals surface area (Å²) < 4.78 is 39.9. The van der Waals surface area contributed by atoms with Crippen molar-refractivity contribution in [1.82, 2.24) is 14.9 Å². The summed E-state index contributed by atoms with van der Waals surface area (Å²) in [5.74, 6) is -1.93. The van der Waals surface area contributed by atoms with E-state index >= 15 is 0 Å². The third kappa shape index (κ3) is 5.43. The Balaban J connectivity index is 1.48. The maximum atomic E-state index is 12.9. The number of rotatable bonds is 7. The van der Waals surface area contributed by atoms with E-state index in [0.29, 0.717) is 25.8 Å². The highest BCUT2D eigenvalue weighted by atomic mass is 32.2. The second-order valence-corrected chi connectivity index (χ2v) is 8.96. The molecule has 1 aliphatic rings. The summed E-state index contributed by atoms with van der Waals surface area (Å²) in [6.07, 6.45) is 1.76. The summed E-state index contributed by atoms with van der Waals surface area (Å²) in [5.41, 5.74) is 0.838. The molecule has 1 aliphatic heterocycles. The van der Waals surface area contributed by atoms with Gasteiger partial charge in [0.1, 0.15) is 5.82 Å². The fourth-order valence-electron chi connectivity index (χ4n) is 3.40. The predicted molar refractivity (Wildman–Crippen MR) is 109 cm³/mol. The van der Waals surface area contributed by atoms with Crippen LogP contribution in [0, 0.1) is 5.82 Å². The Morgan fingerprint density at radius 1 is 1.00 bits per heavy atom. The van der Waals surface area contributed by atoms with Gasteiger partial charge in [-0.2, -0.15) is 4.31 Å². The van der Waals surface area contributed by atoms with Gasteiger partial charge >= 0.3 is 11.8 Å². The lowest BCUT2D eigenvalue weighted by atomic mass is 10.1. The fraction of sp³-hybridized carbons (Fsp3) is 0.333. The van der Waals surface area contributed by atoms with Crippen molar-refractivity contribution in [3.8, 4) is 0 Å². The van der Waals surface area contributed by atoms with Crippen molar-refractivity contribution in [3.05, 3.63) is 66.0 Å². The Hall–Kier alpha value is -2.78. The van der Waals surface area contributed by atoms with Gasteiger partial charge in [0.2, 0.25) is 10.0 Å². The van der Waals surface area contributed by atoms with Gasteiger partial charge in [0.05, 0.1) is 4.90 Å². The third-order valence-electron chi connectivity index (χ3n) is 4.99. The normalized spacial score (nSPS) is 16.9. The topological polar surface area (TPSA) is 95.6 Å². The predicted octanol–water partition coefficient (Wildman–Crippen LogP) is 1.45. The van der Waals surface area contributed by atoms with Crippen molar-refractivity contribution in [2.45, 2.75) is 30.2 Å². The Bertz CT molecular complexity index is 981. The zero-order valence-electron chi connectivity index (χ0n) is 16.4. The fourth-order valence-corrected chi connectivity index (χ4v) is 5.11. The molecule has 30 heavy (non-hydrogen) atoms. The maximum Gasteiger partial charge on any atom is 0.309 e. The average molecular weight is 434 g/mol. The maximum absolute atomic E-state index is 12.9. The Morgan fingerprint density at radius 2 is 1.67 bits per heavy atom. The first kappa shape index (κ1) is 21.9. The monoisotopic (exact) mass is 433 g/mol. The second-order valence-electron chi connectivity index (χ2n) is 7.07. The minimum absolute atomic E-state index is 0.0658. The summed E-state index contributed by atoms with van der Waals surface area (Å²) in [6, 6.07) is 13.6. The average Bonchev–Trinajstić information content (AvgIpc) is 3.23. The summed E-state index contributed by atoms with van der Waals surface area (Å²) in [7, 11) is -3.65. The standard InChI is InChI=1S/C21H24FN3O4S/c22-17-10-8-16(9-11-17)12-13-23-20(26)21(27)24-15-18-5-4-14-25(18)30(28,29)19-6-2-1-3-7-19/h1-3,6-11,18H,4-5,12-15H2,(H,23,26)(H,24,27)/t18-/m0/s1. The Morgan fingerprint density at radius 3 is 2.37 bits per heavy atom. The Labute approximate surface area is 175 Å². The van der Waals surface area contributed by atoms with Crippen LogP contribution in [0.5, 0.6) is 0 Å². The first-order chi connectivity index (χ1) is 14.4. The number of hydrogen-bond donors (Lipinski definition) is 2. The summed E-state index contributed by atoms with van der Waals surface area (Å²) in [6.45, 7) is 0.674. The number of nitrogens with one attached hydrogen (secondary N) is 2. The quantitative estimate of drug-likeness (QED) is 0.646. The molecule has 2 aromatic carbocycles. The highest BCUT2D eigenvalue weighted by Crippen LogP contribution is 2.25. The van der Waals surface area contributed by atoms with Gasteiger partial charge in [-0.15, -0.1) is 0 Å². The van der Waals surface area contributed by atoms with Crippen molar-refractivity contribution in [2.75, 3.05) is 19.6 Å². The summed E-state index contributed by atoms with van der Waals surface area (Å²) in [5, 5.41) is 5.04. The number of benzene rings is 2. The molecule has 2 aromatic rings. The van der Waals surface area contributed by atoms with Crippen LogP contribution >= 0.6 is 0 Å². The molecule has 0 aromatic heterocycles. The van der Waals surface area contributed by atoms with Crippen LogP contribution in [0.2, 0.25) is 0 Å². The van der Waals surface area contributed by atoms with Crippen LogP contribution in [-0.4, -0.2) is 50.2 Å². The van der Waals surface area contributed by atoms with Gasteiger partial charge in [-0.3, -0.25) is 9.59 Å². The van der Waals surface area contributed by atoms with Gasteiger partial charge in [0.25, 0.3) is 0 Å². The van der Waals surface area contributed by atoms with Gasteiger partial charge in [0, 0.05) is 25.7 Å². The number of amides is 2. The lowest BCUT2D eigenvalue weighted by Gasteiger charge is -2.24. The van der Waals surface area contributed by atoms with Gasteiger partial charge in [-0.1, -0.05) is 30.3 Å². The van der Waals surface area contributed by atoms with Crippen LogP contribution in [-0.2, 0) is 26.0 Å². The highest BCUT2D eigenvalue weighted by Gasteiger charge is 2.35. The minimum Gasteiger partial charge on any atom is -0.348 e. The van der Waals surface area contributed by atoms with Gasteiger partial charge in [0.15, 0.2) is 0 Å². The molecule has 9 heteroatoms. The molecule has 1 fully saturated rings. The zero-order valence-corrected chi connectivity index (χ0v) is 17.2. The number of sulfonamides is 1. The molecule has 0 aliphatic carbocycles. The van der Waals surface area contributed by atoms with E-state index in [1.807, 2.05) is 0 Å². The summed E-state index contributed by atoms with van der Waals surface area (Å²) >= 11 is 0. The van der Waals surface area contributed by atoms with E-state index in [1.54, 1.807) is 30.3 Å². The third-order valence-corrected chi connectivity index (χ3v) is 6.96. The van der Waals surface area contributed by atoms with Crippen LogP contribution in [0.3, 0.4) is 0 Å². The van der Waals surface area contributed by atoms with E-state index in [0.717, 1.165) is 5.56 Å². The number of nitrogens with zero attached hydrogens (tertiary/aromatic N) is 1. The van der Waals surface area contributed by atoms with Crippen molar-refractivity contribution in [1.29, 1.82) is 0 Å². The van der Waals surface area contributed by atoms with Crippen LogP contribution in [0.25, 0.3) is 0 Å². The molecule has 0 unspecified atom stereocenters. The van der Waals surface area contributed by atoms with Crippen LogP contribution in [0.4, 0.5) is 4.39 Å². The first-order valence-corrected chi connectivity index (χ1v) is 11.2. The van der Waals surface area contributed by atoms with E-state index in [2.05, 4.69) is 10.6 Å². The Kier molecular flexibility index (Phi) is 7.17. The lowest BCUT2D eigenvalue weighted by molar-refractivity contribution is -0.139. The first-order valence-electron chi connectivity index (χ1n) is 9.75. The lowest BCUT2D eigenvalue weighted by Crippen LogP contribution is -2.47. The molecule has 2 N–H and O–H groups in total. The van der Waals surface area contributed by atoms with Gasteiger partial charge < -0.3 is 10.6 Å². The highest BCUT2D eigenvalue weighted by molar-refractivity contribution is 7.89. The molecule has 0 radical (unpaired) electrons. The molecule has 1 heterocycles. The van der Waals surface area contributed by atoms with Crippen molar-refractivity contribution >= 4 is 21.8 Å². The molecule has 0 bridgehead atoms. The van der Waals surface area contributed by atoms with Crippen LogP contribution < -0.4 is 10.6 Å². The van der Waals surface area contributed by atoms with Gasteiger partial charge in [-0.25, -0.2) is 12.8 Å². The SMILES string of the molecule is O=C(NCCc1ccc(F)cc1)C(=O)NC[C@@H]1CCCN1S(=O)(=O)c1ccccc1. The molecule has 0 saturated carbocycles. The van der Waals surface area contributed by atoms with E-state index in [4.69, 9.17) is 0 Å². The smallest absolute Gasteiger partial charge is 0.309 e. The van der Waals surface area contributed by atoms with Crippen molar-refractivity contribution in [2.24, 2.45) is 0 Å². The number of halogens is 1. The molecule has 160 valence electrons. The zero-order chi connectivity index (χ0) is 21.6. The number of carbonyl (C=O) groups is 2. The minimum atomic E-state index is -3.65. The van der Waals surface area contributed by atoms with E-state index < -0.39 is 27.9 Å². The molecule has 1 atom stereocenters. The molecule has 1 saturated heterocycles. The number of carbonyl (C=O) groups excluding carboxylic acids is 2. The molecule has 3 rings (SSSR count). The molecule has 7 nitrogen and oxygen atoms in total. The van der Waals surface area contributed by atoms with Crippen molar-refractivity contribution < 1.29 is 22.4 Å². The molecule has 2 amide bonds. The van der Waals surface area contributed by atoms with E-state index in [1.165, 1.54) is 28.6 Å². The van der Waals surface area contributed by atoms with Crippen LogP contribution in [0.1, 0.15) is 18.4 Å². The van der Waals surface area contributed by atoms with E-state index in [-0.39, 0.29) is 23.8 Å². The second kappa shape index (κ2) is 9.82. The molecular weight excluding hydrogens is 409 g/mol. The molecule has 0 spiro atoms. The van der Waals surface area contributed by atoms with Crippen LogP contribution in [0.15, 0.2) is 59.5 Å². The molecular formula is C21H24FN3O4S. The van der Waals surface area contributed by atoms with Gasteiger partial charge in [-0.05, 0) is 49.1 Å². The largest absolute Gasteiger partial charge is 0.348 e. The number of hydrogen-bond acceptors (Lipinski definition) is 4.